The maximum atomic E-state index is 6.49. The first-order valence-corrected chi connectivity index (χ1v) is 36.3. The molecule has 1 aromatic heterocycles. The van der Waals surface area contributed by atoms with Gasteiger partial charge in [-0.05, 0) is 221 Å². The van der Waals surface area contributed by atoms with Crippen molar-refractivity contribution in [3.05, 3.63) is 454 Å². The standard InChI is InChI=1S/C101H68N2O/c1-65-39-53-82-85-56-50-76(62-94(85)99(92(82)59-65,69-23-7-3-8-24-69)70-25-9-4-10-26-70)103(77-51-57-86-83-54-40-66(2)60-93(83)100(95(86)63-77,71-27-11-5-12-28-71)72-29-13-6-14-30-72)74-47-43-68(44-48-74)67-41-45-73(46-42-67)102(75-52-58-98-88(61-75)87-34-18-22-38-97(87)104-98)78-49-55-84-81-33-17-21-37-91(81)101(96(84)64-78)89-35-19-15-31-79(89)80-32-16-20-36-90(80)101/h3-64H,1-2H3. The molecule has 3 heteroatoms. The van der Waals surface area contributed by atoms with Gasteiger partial charge in [0, 0.05) is 44.9 Å². The molecule has 1 heterocycles. The Morgan fingerprint density at radius 2 is 0.490 bits per heavy atom. The molecule has 0 saturated heterocycles. The second-order valence-electron chi connectivity index (χ2n) is 28.7. The molecule has 0 radical (unpaired) electrons. The van der Waals surface area contributed by atoms with Crippen LogP contribution in [0.1, 0.15) is 77.9 Å². The Kier molecular flexibility index (Phi) is 13.2. The van der Waals surface area contributed by atoms with Crippen LogP contribution in [0.3, 0.4) is 0 Å². The van der Waals surface area contributed by atoms with Gasteiger partial charge in [0.1, 0.15) is 11.2 Å². The molecule has 0 aliphatic heterocycles. The van der Waals surface area contributed by atoms with E-state index in [1.165, 1.54) is 122 Å². The van der Waals surface area contributed by atoms with Crippen molar-refractivity contribution >= 4 is 56.1 Å². The molecule has 1 spiro atoms. The van der Waals surface area contributed by atoms with Gasteiger partial charge < -0.3 is 14.2 Å². The summed E-state index contributed by atoms with van der Waals surface area (Å²) < 4.78 is 6.49. The molecular formula is C101H68N2O. The number of aryl methyl sites for hydroxylation is 2. The van der Waals surface area contributed by atoms with Crippen molar-refractivity contribution in [2.24, 2.45) is 0 Å². The number of fused-ring (bicyclic) bond motifs is 19. The minimum absolute atomic E-state index is 0.502. The molecule has 4 aliphatic carbocycles. The topological polar surface area (TPSA) is 19.6 Å². The van der Waals surface area contributed by atoms with E-state index in [0.717, 1.165) is 67.2 Å². The number of hydrogen-bond donors (Lipinski definition) is 0. The molecule has 488 valence electrons. The van der Waals surface area contributed by atoms with Gasteiger partial charge in [-0.2, -0.15) is 0 Å². The average Bonchev–Trinajstić information content (AvgIpc) is 1.51. The zero-order valence-electron chi connectivity index (χ0n) is 57.6. The third-order valence-corrected chi connectivity index (χ3v) is 23.3. The minimum Gasteiger partial charge on any atom is -0.456 e. The number of furan rings is 1. The largest absolute Gasteiger partial charge is 0.456 e. The van der Waals surface area contributed by atoms with Gasteiger partial charge in [0.15, 0.2) is 0 Å². The van der Waals surface area contributed by atoms with Gasteiger partial charge in [-0.25, -0.2) is 0 Å². The molecule has 0 bridgehead atoms. The number of hydrogen-bond acceptors (Lipinski definition) is 3. The third kappa shape index (κ3) is 8.47. The zero-order chi connectivity index (χ0) is 68.8. The maximum Gasteiger partial charge on any atom is 0.135 e. The summed E-state index contributed by atoms with van der Waals surface area (Å²) in [6.45, 7) is 4.45. The highest BCUT2D eigenvalue weighted by Crippen LogP contribution is 2.65. The van der Waals surface area contributed by atoms with Gasteiger partial charge >= 0.3 is 0 Å². The van der Waals surface area contributed by atoms with E-state index in [1.807, 2.05) is 6.07 Å². The number of benzene rings is 16. The first kappa shape index (κ1) is 59.8. The van der Waals surface area contributed by atoms with Crippen molar-refractivity contribution in [1.29, 1.82) is 0 Å². The van der Waals surface area contributed by atoms with E-state index >= 15 is 0 Å². The lowest BCUT2D eigenvalue weighted by atomic mass is 9.67. The Hall–Kier alpha value is -13.1. The van der Waals surface area contributed by atoms with Gasteiger partial charge in [-0.3, -0.25) is 0 Å². The molecule has 3 nitrogen and oxygen atoms in total. The molecule has 0 amide bonds. The van der Waals surface area contributed by atoms with Crippen molar-refractivity contribution in [2.45, 2.75) is 30.1 Å². The van der Waals surface area contributed by atoms with E-state index in [9.17, 15) is 0 Å². The highest BCUT2D eigenvalue weighted by atomic mass is 16.3. The first-order chi connectivity index (χ1) is 51.4. The summed E-state index contributed by atoms with van der Waals surface area (Å²) in [5.41, 5.74) is 36.5. The first-order valence-electron chi connectivity index (χ1n) is 36.3. The SMILES string of the molecule is Cc1ccc2c(c1)C(c1ccccc1)(c1ccccc1)c1cc(N(c3ccc(-c4ccc(N(c5ccc6c(c5)C5(c7ccccc7-c7ccccc75)c5ccccc5-6)c5ccc6oc7ccccc7c6c5)cc4)cc3)c3ccc4c(c3)C(c3ccccc3)(c3ccccc3)c3cc(C)ccc3-4)ccc1-2. The molecule has 0 N–H and O–H groups in total. The van der Waals surface area contributed by atoms with Gasteiger partial charge in [-0.1, -0.05) is 302 Å². The molecule has 0 saturated carbocycles. The Morgan fingerprint density at radius 3 is 0.894 bits per heavy atom. The van der Waals surface area contributed by atoms with Crippen molar-refractivity contribution in [3.63, 3.8) is 0 Å². The van der Waals surface area contributed by atoms with Crippen LogP contribution >= 0.6 is 0 Å². The van der Waals surface area contributed by atoms with Crippen LogP contribution in [-0.4, -0.2) is 0 Å². The zero-order valence-corrected chi connectivity index (χ0v) is 57.6. The number of anilines is 6. The predicted molar refractivity (Wildman–Crippen MR) is 429 cm³/mol. The maximum absolute atomic E-state index is 6.49. The van der Waals surface area contributed by atoms with Crippen molar-refractivity contribution in [1.82, 2.24) is 0 Å². The third-order valence-electron chi connectivity index (χ3n) is 23.3. The van der Waals surface area contributed by atoms with Crippen LogP contribution in [0.2, 0.25) is 0 Å². The second kappa shape index (κ2) is 23.0. The second-order valence-corrected chi connectivity index (χ2v) is 28.7. The Morgan fingerprint density at radius 1 is 0.202 bits per heavy atom. The monoisotopic (exact) mass is 1320 g/mol. The fraction of sp³-hybridized carbons (Fsp3) is 0.0495. The van der Waals surface area contributed by atoms with Gasteiger partial charge in [0.05, 0.1) is 16.2 Å². The lowest BCUT2D eigenvalue weighted by Gasteiger charge is -2.36. The van der Waals surface area contributed by atoms with Crippen molar-refractivity contribution in [3.8, 4) is 55.6 Å². The lowest BCUT2D eigenvalue weighted by molar-refractivity contribution is 0.669. The smallest absolute Gasteiger partial charge is 0.135 e. The van der Waals surface area contributed by atoms with E-state index in [1.54, 1.807) is 0 Å². The minimum atomic E-state index is -0.608. The van der Waals surface area contributed by atoms with E-state index in [-0.39, 0.29) is 0 Å². The number of nitrogens with zero attached hydrogens (tertiary/aromatic N) is 2. The predicted octanol–water partition coefficient (Wildman–Crippen LogP) is 25.9. The van der Waals surface area contributed by atoms with Crippen LogP contribution in [-0.2, 0) is 16.2 Å². The summed E-state index contributed by atoms with van der Waals surface area (Å²) >= 11 is 0. The molecule has 0 fully saturated rings. The molecule has 4 aliphatic rings. The van der Waals surface area contributed by atoms with Gasteiger partial charge in [0.2, 0.25) is 0 Å². The van der Waals surface area contributed by atoms with E-state index in [0.29, 0.717) is 0 Å². The van der Waals surface area contributed by atoms with E-state index < -0.39 is 16.2 Å². The molecule has 0 atom stereocenters. The van der Waals surface area contributed by atoms with Crippen LogP contribution in [0.5, 0.6) is 0 Å². The van der Waals surface area contributed by atoms with Crippen molar-refractivity contribution in [2.75, 3.05) is 9.80 Å². The summed E-state index contributed by atoms with van der Waals surface area (Å²) in [6.07, 6.45) is 0. The van der Waals surface area contributed by atoms with Crippen molar-refractivity contribution < 1.29 is 4.42 Å². The summed E-state index contributed by atoms with van der Waals surface area (Å²) in [5.74, 6) is 0. The lowest BCUT2D eigenvalue weighted by Crippen LogP contribution is -2.29. The van der Waals surface area contributed by atoms with Gasteiger partial charge in [-0.15, -0.1) is 0 Å². The Balaban J connectivity index is 0.731. The fourth-order valence-corrected chi connectivity index (χ4v) is 19.0. The van der Waals surface area contributed by atoms with Crippen LogP contribution in [0, 0.1) is 13.8 Å². The highest BCUT2D eigenvalue weighted by Gasteiger charge is 2.53. The molecule has 0 unspecified atom stereocenters. The summed E-state index contributed by atoms with van der Waals surface area (Å²) in [5, 5.41) is 2.17. The van der Waals surface area contributed by atoms with Crippen LogP contribution in [0.15, 0.2) is 381 Å². The number of para-hydroxylation sites is 1. The molecular weight excluding hydrogens is 1260 g/mol. The molecule has 16 aromatic carbocycles. The van der Waals surface area contributed by atoms with Gasteiger partial charge in [0.25, 0.3) is 0 Å². The quantitative estimate of drug-likeness (QED) is 0.129. The Labute approximate surface area is 606 Å². The van der Waals surface area contributed by atoms with Crippen LogP contribution in [0.4, 0.5) is 34.1 Å². The fourth-order valence-electron chi connectivity index (χ4n) is 19.0. The summed E-state index contributed by atoms with van der Waals surface area (Å²) in [7, 11) is 0. The molecule has 104 heavy (non-hydrogen) atoms. The number of rotatable bonds is 11. The van der Waals surface area contributed by atoms with E-state index in [2.05, 4.69) is 394 Å². The molecule has 17 aromatic rings. The van der Waals surface area contributed by atoms with E-state index in [4.69, 9.17) is 4.42 Å². The Bertz CT molecular complexity index is 5980. The van der Waals surface area contributed by atoms with Crippen LogP contribution < -0.4 is 9.80 Å². The highest BCUT2D eigenvalue weighted by molar-refractivity contribution is 6.07. The molecule has 21 rings (SSSR count). The average molecular weight is 1330 g/mol. The summed E-state index contributed by atoms with van der Waals surface area (Å²) in [6, 6.07) is 141. The van der Waals surface area contributed by atoms with Crippen LogP contribution in [0.25, 0.3) is 77.6 Å². The summed E-state index contributed by atoms with van der Waals surface area (Å²) in [4.78, 5) is 4.95. The normalized spacial score (nSPS) is 13.9.